The van der Waals surface area contributed by atoms with Crippen LogP contribution in [0.1, 0.15) is 43.8 Å². The standard InChI is InChI=1S/C26H24F4N2OS/c1-16(33)23-15-32(19-12-10-17(11-13-19)18-6-5-7-20(14-18)34-2)25(31-23)24-21(26(28,29)30)8-3-4-9-22(24)27/h5-8,10-16,33H,3-4,9H2,1-2H3. The largest absolute Gasteiger partial charge is 0.416 e. The van der Waals surface area contributed by atoms with Crippen molar-refractivity contribution in [3.63, 3.8) is 0 Å². The molecule has 1 heterocycles. The Labute approximate surface area is 199 Å². The van der Waals surface area contributed by atoms with Gasteiger partial charge in [0.05, 0.1) is 22.9 Å². The monoisotopic (exact) mass is 488 g/mol. The number of hydrogen-bond acceptors (Lipinski definition) is 3. The predicted molar refractivity (Wildman–Crippen MR) is 127 cm³/mol. The van der Waals surface area contributed by atoms with E-state index >= 15 is 4.39 Å². The Morgan fingerprint density at radius 3 is 2.47 bits per heavy atom. The lowest BCUT2D eigenvalue weighted by atomic mass is 10.0. The highest BCUT2D eigenvalue weighted by Gasteiger charge is 2.40. The summed E-state index contributed by atoms with van der Waals surface area (Å²) in [6, 6.07) is 15.2. The first-order valence-corrected chi connectivity index (χ1v) is 12.1. The van der Waals surface area contributed by atoms with Gasteiger partial charge in [0.25, 0.3) is 0 Å². The van der Waals surface area contributed by atoms with Crippen molar-refractivity contribution < 1.29 is 22.7 Å². The Bertz CT molecular complexity index is 1240. The fourth-order valence-corrected chi connectivity index (χ4v) is 4.43. The van der Waals surface area contributed by atoms with E-state index in [9.17, 15) is 18.3 Å². The van der Waals surface area contributed by atoms with Gasteiger partial charge in [-0.05, 0) is 61.4 Å². The number of rotatable bonds is 5. The van der Waals surface area contributed by atoms with Gasteiger partial charge in [-0.1, -0.05) is 30.3 Å². The maximum Gasteiger partial charge on any atom is 0.416 e. The van der Waals surface area contributed by atoms with Gasteiger partial charge in [-0.15, -0.1) is 11.8 Å². The zero-order valence-electron chi connectivity index (χ0n) is 18.7. The SMILES string of the molecule is CSc1cccc(-c2ccc(-n3cc(C(C)O)nc3C3=C(F)CCCC=C3C(F)(F)F)cc2)c1. The molecule has 3 nitrogen and oxygen atoms in total. The first-order chi connectivity index (χ1) is 16.2. The molecule has 0 fully saturated rings. The molecule has 0 spiro atoms. The van der Waals surface area contributed by atoms with Crippen LogP contribution in [0.4, 0.5) is 17.6 Å². The normalized spacial score (nSPS) is 15.8. The zero-order chi connectivity index (χ0) is 24.5. The van der Waals surface area contributed by atoms with Crippen LogP contribution in [0, 0.1) is 0 Å². The Hall–Kier alpha value is -2.84. The Morgan fingerprint density at radius 1 is 1.09 bits per heavy atom. The summed E-state index contributed by atoms with van der Waals surface area (Å²) in [5, 5.41) is 10.1. The number of hydrogen-bond donors (Lipinski definition) is 1. The van der Waals surface area contributed by atoms with Crippen LogP contribution in [0.25, 0.3) is 22.4 Å². The van der Waals surface area contributed by atoms with Crippen molar-refractivity contribution in [2.24, 2.45) is 0 Å². The summed E-state index contributed by atoms with van der Waals surface area (Å²) in [6.07, 6.45) is -0.970. The van der Waals surface area contributed by atoms with E-state index in [0.717, 1.165) is 22.1 Å². The highest BCUT2D eigenvalue weighted by Crippen LogP contribution is 2.42. The molecule has 1 aliphatic carbocycles. The summed E-state index contributed by atoms with van der Waals surface area (Å²) in [6.45, 7) is 1.47. The fraction of sp³-hybridized carbons (Fsp3) is 0.269. The number of alkyl halides is 3. The molecule has 34 heavy (non-hydrogen) atoms. The summed E-state index contributed by atoms with van der Waals surface area (Å²) >= 11 is 1.63. The second-order valence-electron chi connectivity index (χ2n) is 8.10. The molecule has 0 saturated heterocycles. The second-order valence-corrected chi connectivity index (χ2v) is 8.98. The number of allylic oxidation sites excluding steroid dienone is 4. The molecule has 2 aromatic carbocycles. The van der Waals surface area contributed by atoms with Gasteiger partial charge in [0.1, 0.15) is 11.7 Å². The van der Waals surface area contributed by atoms with Crippen molar-refractivity contribution in [1.82, 2.24) is 9.55 Å². The van der Waals surface area contributed by atoms with E-state index in [1.165, 1.54) is 17.7 Å². The molecule has 1 N–H and O–H groups in total. The molecule has 0 saturated carbocycles. The van der Waals surface area contributed by atoms with Crippen LogP contribution < -0.4 is 0 Å². The van der Waals surface area contributed by atoms with Crippen molar-refractivity contribution in [3.8, 4) is 16.8 Å². The average molecular weight is 489 g/mol. The van der Waals surface area contributed by atoms with Crippen molar-refractivity contribution in [1.29, 1.82) is 0 Å². The van der Waals surface area contributed by atoms with Crippen molar-refractivity contribution >= 4 is 17.3 Å². The fourth-order valence-electron chi connectivity index (χ4n) is 3.97. The highest BCUT2D eigenvalue weighted by atomic mass is 32.2. The van der Waals surface area contributed by atoms with Gasteiger partial charge in [0, 0.05) is 23.2 Å². The maximum atomic E-state index is 15.1. The van der Waals surface area contributed by atoms with E-state index in [-0.39, 0.29) is 30.8 Å². The Balaban J connectivity index is 1.83. The minimum Gasteiger partial charge on any atom is -0.387 e. The molecule has 0 aliphatic heterocycles. The van der Waals surface area contributed by atoms with Crippen LogP contribution in [0.2, 0.25) is 0 Å². The summed E-state index contributed by atoms with van der Waals surface area (Å²) in [5.74, 6) is -1.02. The van der Waals surface area contributed by atoms with E-state index in [1.807, 2.05) is 36.6 Å². The third-order valence-corrected chi connectivity index (χ3v) is 6.44. The quantitative estimate of drug-likeness (QED) is 0.296. The number of halogens is 4. The number of aliphatic hydroxyl groups is 1. The van der Waals surface area contributed by atoms with Crippen molar-refractivity contribution in [2.75, 3.05) is 6.26 Å². The summed E-state index contributed by atoms with van der Waals surface area (Å²) in [4.78, 5) is 5.35. The van der Waals surface area contributed by atoms with E-state index in [0.29, 0.717) is 5.69 Å². The first-order valence-electron chi connectivity index (χ1n) is 10.9. The van der Waals surface area contributed by atoms with Crippen molar-refractivity contribution in [2.45, 2.75) is 43.4 Å². The molecule has 8 heteroatoms. The number of aromatic nitrogens is 2. The predicted octanol–water partition coefficient (Wildman–Crippen LogP) is 7.67. The van der Waals surface area contributed by atoms with Crippen LogP contribution in [0.5, 0.6) is 0 Å². The van der Waals surface area contributed by atoms with Crippen LogP contribution in [-0.4, -0.2) is 27.1 Å². The molecule has 1 aliphatic rings. The molecule has 0 amide bonds. The molecule has 178 valence electrons. The molecule has 0 radical (unpaired) electrons. The number of imidazole rings is 1. The van der Waals surface area contributed by atoms with Gasteiger partial charge in [-0.2, -0.15) is 13.2 Å². The smallest absolute Gasteiger partial charge is 0.387 e. The van der Waals surface area contributed by atoms with Gasteiger partial charge >= 0.3 is 6.18 Å². The maximum absolute atomic E-state index is 15.1. The first kappa shape index (κ1) is 24.3. The van der Waals surface area contributed by atoms with Crippen LogP contribution in [0.15, 0.2) is 77.1 Å². The second kappa shape index (κ2) is 9.80. The van der Waals surface area contributed by atoms with Crippen molar-refractivity contribution in [3.05, 3.63) is 83.7 Å². The summed E-state index contributed by atoms with van der Waals surface area (Å²) < 4.78 is 58.1. The Morgan fingerprint density at radius 2 is 1.82 bits per heavy atom. The minimum atomic E-state index is -4.73. The molecular weight excluding hydrogens is 464 g/mol. The third kappa shape index (κ3) is 4.98. The van der Waals surface area contributed by atoms with E-state index < -0.39 is 29.3 Å². The van der Waals surface area contributed by atoms with Gasteiger partial charge in [0.2, 0.25) is 0 Å². The molecule has 1 unspecified atom stereocenters. The van der Waals surface area contributed by atoms with E-state index in [2.05, 4.69) is 11.1 Å². The molecule has 4 rings (SSSR count). The zero-order valence-corrected chi connectivity index (χ0v) is 19.6. The topological polar surface area (TPSA) is 38.0 Å². The Kier molecular flexibility index (Phi) is 7.00. The van der Waals surface area contributed by atoms with Gasteiger partial charge in [-0.25, -0.2) is 9.37 Å². The van der Waals surface area contributed by atoms with E-state index in [4.69, 9.17) is 0 Å². The third-order valence-electron chi connectivity index (χ3n) is 5.72. The summed E-state index contributed by atoms with van der Waals surface area (Å²) in [7, 11) is 0. The van der Waals surface area contributed by atoms with Gasteiger partial charge in [-0.3, -0.25) is 4.57 Å². The van der Waals surface area contributed by atoms with E-state index in [1.54, 1.807) is 23.9 Å². The van der Waals surface area contributed by atoms with Gasteiger partial charge in [0.15, 0.2) is 0 Å². The molecule has 1 atom stereocenters. The summed E-state index contributed by atoms with van der Waals surface area (Å²) in [5.41, 5.74) is 1.04. The van der Waals surface area contributed by atoms with Crippen LogP contribution >= 0.6 is 11.8 Å². The molecule has 1 aromatic heterocycles. The number of thioether (sulfide) groups is 1. The number of nitrogens with zero attached hydrogens (tertiary/aromatic N) is 2. The highest BCUT2D eigenvalue weighted by molar-refractivity contribution is 7.98. The average Bonchev–Trinajstić information content (AvgIpc) is 3.16. The minimum absolute atomic E-state index is 0.104. The van der Waals surface area contributed by atoms with Gasteiger partial charge < -0.3 is 5.11 Å². The lowest BCUT2D eigenvalue weighted by Crippen LogP contribution is -2.16. The van der Waals surface area contributed by atoms with Crippen LogP contribution in [-0.2, 0) is 0 Å². The number of benzene rings is 2. The molecule has 3 aromatic rings. The lowest BCUT2D eigenvalue weighted by molar-refractivity contribution is -0.0874. The van der Waals surface area contributed by atoms with Crippen LogP contribution in [0.3, 0.4) is 0 Å². The number of aliphatic hydroxyl groups excluding tert-OH is 1. The lowest BCUT2D eigenvalue weighted by Gasteiger charge is -2.17. The molecule has 0 bridgehead atoms. The molecular formula is C26H24F4N2OS.